The Balaban J connectivity index is 1.10. The number of ether oxygens (including phenoxy) is 3. The number of fused-ring (bicyclic) bond motifs is 6. The van der Waals surface area contributed by atoms with Gasteiger partial charge in [-0.2, -0.15) is 5.26 Å². The molecule has 3 saturated heterocycles. The smallest absolute Gasteiger partial charge is 0.240 e. The second-order valence-corrected chi connectivity index (χ2v) is 11.2. The van der Waals surface area contributed by atoms with E-state index in [0.29, 0.717) is 54.0 Å². The summed E-state index contributed by atoms with van der Waals surface area (Å²) >= 11 is 0. The molecule has 3 heterocycles. The van der Waals surface area contributed by atoms with Crippen LogP contribution in [0.15, 0.2) is 91.0 Å². The second kappa shape index (κ2) is 9.46. The normalized spacial score (nSPS) is 26.3. The lowest BCUT2D eigenvalue weighted by atomic mass is 9.67. The van der Waals surface area contributed by atoms with Crippen molar-refractivity contribution < 1.29 is 23.8 Å². The third-order valence-corrected chi connectivity index (χ3v) is 8.87. The van der Waals surface area contributed by atoms with Gasteiger partial charge in [0, 0.05) is 17.2 Å². The Morgan fingerprint density at radius 1 is 0.829 bits per heavy atom. The van der Waals surface area contributed by atoms with Gasteiger partial charge in [0.15, 0.2) is 0 Å². The fourth-order valence-corrected chi connectivity index (χ4v) is 6.99. The molecular weight excluding hydrogens is 516 g/mol. The summed E-state index contributed by atoms with van der Waals surface area (Å²) in [5.41, 5.74) is -0.437. The average molecular weight is 545 g/mol. The molecule has 0 aliphatic carbocycles. The van der Waals surface area contributed by atoms with E-state index in [9.17, 15) is 14.9 Å². The van der Waals surface area contributed by atoms with Gasteiger partial charge in [-0.1, -0.05) is 42.5 Å². The van der Waals surface area contributed by atoms with Crippen LogP contribution in [0.2, 0.25) is 0 Å². The molecule has 7 heteroatoms. The Hall–Kier alpha value is -4.67. The monoisotopic (exact) mass is 544 g/mol. The number of amides is 2. The molecule has 0 saturated carbocycles. The molecule has 41 heavy (non-hydrogen) atoms. The maximum atomic E-state index is 14.1. The third kappa shape index (κ3) is 3.98. The molecule has 0 aromatic heterocycles. The Kier molecular flexibility index (Phi) is 5.84. The van der Waals surface area contributed by atoms with Crippen LogP contribution >= 0.6 is 0 Å². The molecule has 4 aromatic carbocycles. The molecule has 3 fully saturated rings. The summed E-state index contributed by atoms with van der Waals surface area (Å²) < 4.78 is 18.5. The van der Waals surface area contributed by atoms with Gasteiger partial charge in [0.1, 0.15) is 17.2 Å². The first-order valence-electron chi connectivity index (χ1n) is 13.9. The minimum atomic E-state index is -0.764. The molecular formula is C34H28N2O5. The van der Waals surface area contributed by atoms with Crippen molar-refractivity contribution >= 4 is 28.3 Å². The molecule has 7 rings (SSSR count). The van der Waals surface area contributed by atoms with Gasteiger partial charge in [0.2, 0.25) is 11.8 Å². The Bertz CT molecular complexity index is 1710. The maximum absolute atomic E-state index is 14.1. The van der Waals surface area contributed by atoms with Crippen LogP contribution in [-0.2, 0) is 14.3 Å². The van der Waals surface area contributed by atoms with Crippen LogP contribution in [0.3, 0.4) is 0 Å². The van der Waals surface area contributed by atoms with Crippen LogP contribution in [0.1, 0.15) is 31.7 Å². The van der Waals surface area contributed by atoms with Gasteiger partial charge >= 0.3 is 0 Å². The van der Waals surface area contributed by atoms with Crippen LogP contribution in [0.25, 0.3) is 10.8 Å². The highest BCUT2D eigenvalue weighted by Crippen LogP contribution is 2.62. The molecule has 3 aliphatic rings. The number of hydrogen-bond acceptors (Lipinski definition) is 6. The van der Waals surface area contributed by atoms with Crippen molar-refractivity contribution in [2.45, 2.75) is 37.4 Å². The molecule has 0 spiro atoms. The van der Waals surface area contributed by atoms with Crippen molar-refractivity contribution in [2.75, 3.05) is 11.5 Å². The largest absolute Gasteiger partial charge is 0.493 e. The first kappa shape index (κ1) is 25.3. The van der Waals surface area contributed by atoms with E-state index >= 15 is 0 Å². The molecule has 4 unspecified atom stereocenters. The lowest BCUT2D eigenvalue weighted by Gasteiger charge is -2.31. The van der Waals surface area contributed by atoms with Gasteiger partial charge < -0.3 is 14.2 Å². The minimum absolute atomic E-state index is 0.228. The quantitative estimate of drug-likeness (QED) is 0.250. The van der Waals surface area contributed by atoms with E-state index in [2.05, 4.69) is 6.07 Å². The average Bonchev–Trinajstić information content (AvgIpc) is 3.58. The van der Waals surface area contributed by atoms with Crippen molar-refractivity contribution in [2.24, 2.45) is 11.8 Å². The number of carbonyl (C=O) groups is 2. The van der Waals surface area contributed by atoms with Crippen LogP contribution in [0.5, 0.6) is 17.2 Å². The lowest BCUT2D eigenvalue weighted by molar-refractivity contribution is -0.131. The number of para-hydroxylation sites is 1. The molecule has 7 nitrogen and oxygen atoms in total. The molecule has 4 aromatic rings. The van der Waals surface area contributed by atoms with Crippen molar-refractivity contribution in [1.82, 2.24) is 0 Å². The minimum Gasteiger partial charge on any atom is -0.493 e. The fourth-order valence-electron chi connectivity index (χ4n) is 6.99. The molecule has 0 radical (unpaired) electrons. The number of hydrogen-bond donors (Lipinski definition) is 0. The number of nitrogens with zero attached hydrogens (tertiary/aromatic N) is 2. The molecule has 0 N–H and O–H groups in total. The number of imide groups is 1. The van der Waals surface area contributed by atoms with Gasteiger partial charge in [0.05, 0.1) is 47.0 Å². The number of carbonyl (C=O) groups excluding carboxylic acids is 2. The molecule has 2 bridgehead atoms. The zero-order valence-electron chi connectivity index (χ0n) is 22.6. The third-order valence-electron chi connectivity index (χ3n) is 8.87. The van der Waals surface area contributed by atoms with Gasteiger partial charge in [-0.15, -0.1) is 0 Å². The SMILES string of the molecule is CC12CCC(CCOc3ccc(Oc4ccccc4)cc3)(O1)C1C(=O)N(c3ccc(C#N)c4ccccc34)C(=O)C12. The zero-order valence-corrected chi connectivity index (χ0v) is 22.6. The highest BCUT2D eigenvalue weighted by molar-refractivity contribution is 6.26. The van der Waals surface area contributed by atoms with Crippen LogP contribution < -0.4 is 14.4 Å². The first-order valence-corrected chi connectivity index (χ1v) is 13.9. The molecule has 3 aliphatic heterocycles. The van der Waals surface area contributed by atoms with Crippen LogP contribution in [0, 0.1) is 23.2 Å². The summed E-state index contributed by atoms with van der Waals surface area (Å²) in [6.07, 6.45) is 1.90. The van der Waals surface area contributed by atoms with Crippen LogP contribution in [0.4, 0.5) is 5.69 Å². The molecule has 2 amide bonds. The number of nitriles is 1. The first-order chi connectivity index (χ1) is 19.9. The Morgan fingerprint density at radius 3 is 2.24 bits per heavy atom. The topological polar surface area (TPSA) is 88.9 Å². The predicted molar refractivity (Wildman–Crippen MR) is 153 cm³/mol. The maximum Gasteiger partial charge on any atom is 0.240 e. The van der Waals surface area contributed by atoms with E-state index in [1.54, 1.807) is 12.1 Å². The van der Waals surface area contributed by atoms with Crippen molar-refractivity contribution in [1.29, 1.82) is 5.26 Å². The van der Waals surface area contributed by atoms with E-state index < -0.39 is 23.0 Å². The van der Waals surface area contributed by atoms with E-state index in [-0.39, 0.29) is 11.8 Å². The van der Waals surface area contributed by atoms with E-state index in [4.69, 9.17) is 14.2 Å². The van der Waals surface area contributed by atoms with Crippen molar-refractivity contribution in [3.63, 3.8) is 0 Å². The highest BCUT2D eigenvalue weighted by Gasteiger charge is 2.73. The van der Waals surface area contributed by atoms with E-state index in [1.165, 1.54) is 4.90 Å². The summed E-state index contributed by atoms with van der Waals surface area (Å²) in [6.45, 7) is 2.30. The molecule has 204 valence electrons. The van der Waals surface area contributed by atoms with Crippen molar-refractivity contribution in [3.8, 4) is 23.3 Å². The number of benzene rings is 4. The summed E-state index contributed by atoms with van der Waals surface area (Å²) in [4.78, 5) is 29.3. The fraction of sp³-hybridized carbons (Fsp3) is 0.265. The van der Waals surface area contributed by atoms with E-state index in [1.807, 2.05) is 85.8 Å². The highest BCUT2D eigenvalue weighted by atomic mass is 16.5. The Labute approximate surface area is 237 Å². The predicted octanol–water partition coefficient (Wildman–Crippen LogP) is 6.40. The summed E-state index contributed by atoms with van der Waals surface area (Å²) in [5, 5.41) is 11.0. The molecule has 4 atom stereocenters. The number of rotatable bonds is 7. The van der Waals surface area contributed by atoms with Gasteiger partial charge in [-0.05, 0) is 68.3 Å². The standard InChI is InChI=1S/C34H28N2O5/c1-33-17-18-34(41-33,19-20-39-23-12-14-25(15-13-23)40-24-7-3-2-4-8-24)30-29(33)31(37)36(32(30)38)28-16-11-22(21-35)26-9-5-6-10-27(26)28/h2-16,29-30H,17-20H2,1H3. The van der Waals surface area contributed by atoms with E-state index in [0.717, 1.165) is 11.1 Å². The Morgan fingerprint density at radius 2 is 1.49 bits per heavy atom. The second-order valence-electron chi connectivity index (χ2n) is 11.2. The zero-order chi connectivity index (χ0) is 28.2. The van der Waals surface area contributed by atoms with Crippen molar-refractivity contribution in [3.05, 3.63) is 96.6 Å². The lowest BCUT2D eigenvalue weighted by Crippen LogP contribution is -2.43. The summed E-state index contributed by atoms with van der Waals surface area (Å²) in [5.74, 6) is 0.574. The van der Waals surface area contributed by atoms with Gasteiger partial charge in [0.25, 0.3) is 0 Å². The number of anilines is 1. The summed E-state index contributed by atoms with van der Waals surface area (Å²) in [6, 6.07) is 30.0. The van der Waals surface area contributed by atoms with Gasteiger partial charge in [-0.25, -0.2) is 4.90 Å². The summed E-state index contributed by atoms with van der Waals surface area (Å²) in [7, 11) is 0. The van der Waals surface area contributed by atoms with Crippen LogP contribution in [-0.4, -0.2) is 29.6 Å². The van der Waals surface area contributed by atoms with Gasteiger partial charge in [-0.3, -0.25) is 9.59 Å².